The van der Waals surface area contributed by atoms with Gasteiger partial charge in [-0.1, -0.05) is 11.6 Å². The van der Waals surface area contributed by atoms with E-state index in [-0.39, 0.29) is 41.7 Å². The average Bonchev–Trinajstić information content (AvgIpc) is 2.78. The van der Waals surface area contributed by atoms with Crippen molar-refractivity contribution in [2.75, 3.05) is 25.1 Å². The molecule has 0 aliphatic carbocycles. The molecule has 0 bridgehead atoms. The lowest BCUT2D eigenvalue weighted by atomic mass is 10.2. The highest BCUT2D eigenvalue weighted by Crippen LogP contribution is 2.27. The molecule has 7 nitrogen and oxygen atoms in total. The number of β-amino-alcohol motifs (C(OH)–C–C–N with tert-alkyl or cyclic N) is 1. The first-order valence-electron chi connectivity index (χ1n) is 7.00. The van der Waals surface area contributed by atoms with E-state index in [9.17, 15) is 18.8 Å². The van der Waals surface area contributed by atoms with Crippen LogP contribution >= 0.6 is 11.6 Å². The van der Waals surface area contributed by atoms with Crippen LogP contribution in [-0.2, 0) is 14.3 Å². The Bertz CT molecular complexity index is 735. The van der Waals surface area contributed by atoms with Crippen LogP contribution in [0, 0.1) is 5.82 Å². The predicted octanol–water partition coefficient (Wildman–Crippen LogP) is 1.31. The number of benzene rings is 1. The Morgan fingerprint density at radius 1 is 1.42 bits per heavy atom. The van der Waals surface area contributed by atoms with Crippen molar-refractivity contribution in [3.05, 3.63) is 40.3 Å². The van der Waals surface area contributed by atoms with Gasteiger partial charge in [0.05, 0.1) is 36.0 Å². The first-order valence-corrected chi connectivity index (χ1v) is 7.38. The Hall–Kier alpha value is -2.45. The zero-order chi connectivity index (χ0) is 17.9. The molecule has 0 aromatic heterocycles. The van der Waals surface area contributed by atoms with Gasteiger partial charge in [-0.05, 0) is 19.1 Å². The summed E-state index contributed by atoms with van der Waals surface area (Å²) in [6.07, 6.45) is 0.982. The Balaban J connectivity index is 2.29. The number of nitrogens with one attached hydrogen (secondary N) is 1. The number of carbonyl (C=O) groups excluding carboxylic acids is 3. The molecule has 0 spiro atoms. The Morgan fingerprint density at radius 2 is 2.12 bits per heavy atom. The molecule has 1 heterocycles. The van der Waals surface area contributed by atoms with Gasteiger partial charge in [0.2, 0.25) is 0 Å². The van der Waals surface area contributed by atoms with Crippen molar-refractivity contribution in [1.29, 1.82) is 0 Å². The largest absolute Gasteiger partial charge is 0.462 e. The monoisotopic (exact) mass is 356 g/mol. The number of hydrogen-bond donors (Lipinski definition) is 2. The lowest BCUT2D eigenvalue weighted by molar-refractivity contribution is -0.137. The van der Waals surface area contributed by atoms with Crippen molar-refractivity contribution in [2.45, 2.75) is 6.92 Å². The number of anilines is 1. The molecule has 2 amide bonds. The summed E-state index contributed by atoms with van der Waals surface area (Å²) in [5, 5.41) is 11.2. The van der Waals surface area contributed by atoms with Crippen molar-refractivity contribution in [3.8, 4) is 0 Å². The van der Waals surface area contributed by atoms with E-state index in [1.165, 1.54) is 0 Å². The minimum Gasteiger partial charge on any atom is -0.462 e. The number of amides is 2. The molecule has 0 saturated carbocycles. The third-order valence-corrected chi connectivity index (χ3v) is 3.47. The summed E-state index contributed by atoms with van der Waals surface area (Å²) in [6.45, 7) is 1.17. The molecule has 1 aliphatic heterocycles. The Kier molecular flexibility index (Phi) is 5.53. The minimum absolute atomic E-state index is 0.0768. The number of esters is 1. The number of ether oxygens (including phenoxy) is 1. The van der Waals surface area contributed by atoms with E-state index in [2.05, 4.69) is 5.32 Å². The van der Waals surface area contributed by atoms with Crippen molar-refractivity contribution in [1.82, 2.24) is 4.90 Å². The number of nitrogens with zero attached hydrogens (tertiary/aromatic N) is 1. The van der Waals surface area contributed by atoms with Gasteiger partial charge in [0, 0.05) is 6.08 Å². The number of carbonyl (C=O) groups is 3. The summed E-state index contributed by atoms with van der Waals surface area (Å²) >= 11 is 5.82. The van der Waals surface area contributed by atoms with E-state index in [0.717, 1.165) is 23.1 Å². The number of aliphatic hydroxyl groups is 1. The van der Waals surface area contributed by atoms with Gasteiger partial charge >= 0.3 is 5.97 Å². The van der Waals surface area contributed by atoms with Crippen LogP contribution in [0.1, 0.15) is 17.3 Å². The lowest BCUT2D eigenvalue weighted by Crippen LogP contribution is -2.34. The molecule has 24 heavy (non-hydrogen) atoms. The molecule has 1 aromatic rings. The summed E-state index contributed by atoms with van der Waals surface area (Å²) in [7, 11) is 0. The molecule has 9 heteroatoms. The maximum absolute atomic E-state index is 14.0. The SMILES string of the molecule is CCOC(=O)c1cc(NC2=CC(=O)N(CCO)C2=O)c(F)cc1Cl. The quantitative estimate of drug-likeness (QED) is 0.589. The maximum Gasteiger partial charge on any atom is 0.339 e. The van der Waals surface area contributed by atoms with Crippen LogP contribution in [0.3, 0.4) is 0 Å². The minimum atomic E-state index is -0.810. The van der Waals surface area contributed by atoms with Crippen LogP contribution in [0.4, 0.5) is 10.1 Å². The smallest absolute Gasteiger partial charge is 0.339 e. The molecule has 1 aromatic carbocycles. The Labute approximate surface area is 141 Å². The van der Waals surface area contributed by atoms with Crippen molar-refractivity contribution in [2.24, 2.45) is 0 Å². The van der Waals surface area contributed by atoms with E-state index in [1.807, 2.05) is 0 Å². The Morgan fingerprint density at radius 3 is 2.75 bits per heavy atom. The van der Waals surface area contributed by atoms with E-state index in [4.69, 9.17) is 21.4 Å². The highest BCUT2D eigenvalue weighted by molar-refractivity contribution is 6.33. The van der Waals surface area contributed by atoms with E-state index < -0.39 is 23.6 Å². The normalized spacial score (nSPS) is 14.0. The standard InChI is InChI=1S/C15H14ClFN2O5/c1-2-24-15(23)8-5-11(10(17)6-9(8)16)18-12-7-13(21)19(3-4-20)14(12)22/h5-7,18,20H,2-4H2,1H3. The van der Waals surface area contributed by atoms with Crippen LogP contribution in [0.25, 0.3) is 0 Å². The molecule has 0 unspecified atom stereocenters. The maximum atomic E-state index is 14.0. The topological polar surface area (TPSA) is 95.9 Å². The van der Waals surface area contributed by atoms with E-state index >= 15 is 0 Å². The number of halogens is 2. The second-order valence-electron chi connectivity index (χ2n) is 4.73. The molecule has 2 N–H and O–H groups in total. The van der Waals surface area contributed by atoms with Crippen LogP contribution in [0.5, 0.6) is 0 Å². The molecule has 0 atom stereocenters. The summed E-state index contributed by atoms with van der Waals surface area (Å²) in [4.78, 5) is 36.3. The summed E-state index contributed by atoms with van der Waals surface area (Å²) in [6, 6.07) is 2.01. The van der Waals surface area contributed by atoms with Crippen molar-refractivity contribution < 1.29 is 28.6 Å². The number of imide groups is 1. The molecule has 128 valence electrons. The third kappa shape index (κ3) is 3.55. The first-order chi connectivity index (χ1) is 11.4. The van der Waals surface area contributed by atoms with Crippen LogP contribution in [-0.4, -0.2) is 47.5 Å². The number of aliphatic hydroxyl groups excluding tert-OH is 1. The molecule has 0 radical (unpaired) electrons. The number of hydrogen-bond acceptors (Lipinski definition) is 6. The fraction of sp³-hybridized carbons (Fsp3) is 0.267. The fourth-order valence-electron chi connectivity index (χ4n) is 2.07. The van der Waals surface area contributed by atoms with E-state index in [1.54, 1.807) is 6.92 Å². The molecular weight excluding hydrogens is 343 g/mol. The van der Waals surface area contributed by atoms with Gasteiger partial charge in [-0.3, -0.25) is 14.5 Å². The highest BCUT2D eigenvalue weighted by atomic mass is 35.5. The van der Waals surface area contributed by atoms with Gasteiger partial charge in [-0.15, -0.1) is 0 Å². The third-order valence-electron chi connectivity index (χ3n) is 3.15. The average molecular weight is 357 g/mol. The summed E-state index contributed by atoms with van der Waals surface area (Å²) < 4.78 is 18.8. The summed E-state index contributed by atoms with van der Waals surface area (Å²) in [5.41, 5.74) is -0.461. The first kappa shape index (κ1) is 17.9. The zero-order valence-electron chi connectivity index (χ0n) is 12.6. The lowest BCUT2D eigenvalue weighted by Gasteiger charge is -2.14. The van der Waals surface area contributed by atoms with E-state index in [0.29, 0.717) is 0 Å². The number of rotatable bonds is 6. The summed E-state index contributed by atoms with van der Waals surface area (Å²) in [5.74, 6) is -2.89. The van der Waals surface area contributed by atoms with Crippen LogP contribution in [0.2, 0.25) is 5.02 Å². The van der Waals surface area contributed by atoms with Gasteiger partial charge in [-0.2, -0.15) is 0 Å². The molecule has 0 fully saturated rings. The molecule has 0 saturated heterocycles. The molecular formula is C15H14ClFN2O5. The second kappa shape index (κ2) is 7.41. The van der Waals surface area contributed by atoms with Gasteiger partial charge in [0.1, 0.15) is 11.5 Å². The van der Waals surface area contributed by atoms with Gasteiger partial charge in [0.25, 0.3) is 11.8 Å². The fourth-order valence-corrected chi connectivity index (χ4v) is 2.29. The van der Waals surface area contributed by atoms with Gasteiger partial charge in [0.15, 0.2) is 0 Å². The second-order valence-corrected chi connectivity index (χ2v) is 5.14. The van der Waals surface area contributed by atoms with Gasteiger partial charge in [-0.25, -0.2) is 9.18 Å². The highest BCUT2D eigenvalue weighted by Gasteiger charge is 2.31. The zero-order valence-corrected chi connectivity index (χ0v) is 13.4. The van der Waals surface area contributed by atoms with Crippen LogP contribution < -0.4 is 5.32 Å². The van der Waals surface area contributed by atoms with Crippen LogP contribution in [0.15, 0.2) is 23.9 Å². The van der Waals surface area contributed by atoms with Gasteiger partial charge < -0.3 is 15.2 Å². The van der Waals surface area contributed by atoms with Crippen molar-refractivity contribution >= 4 is 35.1 Å². The molecule has 1 aliphatic rings. The predicted molar refractivity (Wildman–Crippen MR) is 82.9 cm³/mol. The molecule has 2 rings (SSSR count). The van der Waals surface area contributed by atoms with Crippen molar-refractivity contribution in [3.63, 3.8) is 0 Å².